The zero-order valence-electron chi connectivity index (χ0n) is 8.30. The molecule has 1 fully saturated rings. The maximum atomic E-state index is 12.9. The van der Waals surface area contributed by atoms with Gasteiger partial charge in [0.1, 0.15) is 11.6 Å². The highest BCUT2D eigenvalue weighted by Crippen LogP contribution is 2.32. The Morgan fingerprint density at radius 1 is 1.47 bits per heavy atom. The lowest BCUT2D eigenvalue weighted by Crippen LogP contribution is -2.03. The highest BCUT2D eigenvalue weighted by molar-refractivity contribution is 9.10. The Kier molecular flexibility index (Phi) is 3.19. The topological polar surface area (TPSA) is 17.1 Å². The SMILES string of the molecule is O=C(Cc1ccc(F)c(Br)c1)CC1CC1. The maximum Gasteiger partial charge on any atom is 0.137 e. The molecule has 0 unspecified atom stereocenters. The molecule has 80 valence electrons. The second kappa shape index (κ2) is 4.44. The molecular formula is C12H12BrFO. The zero-order valence-corrected chi connectivity index (χ0v) is 9.89. The van der Waals surface area contributed by atoms with Crippen LogP contribution in [-0.2, 0) is 11.2 Å². The molecule has 0 atom stereocenters. The van der Waals surface area contributed by atoms with Gasteiger partial charge in [0.15, 0.2) is 0 Å². The minimum absolute atomic E-state index is 0.260. The summed E-state index contributed by atoms with van der Waals surface area (Å²) in [6.07, 6.45) is 3.50. The molecule has 1 nitrogen and oxygen atoms in total. The molecule has 1 aromatic rings. The summed E-state index contributed by atoms with van der Waals surface area (Å²) in [4.78, 5) is 11.6. The summed E-state index contributed by atoms with van der Waals surface area (Å²) in [6, 6.07) is 4.74. The van der Waals surface area contributed by atoms with E-state index in [2.05, 4.69) is 15.9 Å². The smallest absolute Gasteiger partial charge is 0.137 e. The zero-order chi connectivity index (χ0) is 10.8. The number of hydrogen-bond acceptors (Lipinski definition) is 1. The third-order valence-corrected chi connectivity index (χ3v) is 3.21. The van der Waals surface area contributed by atoms with Crippen molar-refractivity contribution >= 4 is 21.7 Å². The van der Waals surface area contributed by atoms with E-state index < -0.39 is 0 Å². The van der Waals surface area contributed by atoms with Crippen molar-refractivity contribution in [1.82, 2.24) is 0 Å². The summed E-state index contributed by atoms with van der Waals surface area (Å²) in [5.74, 6) is 0.603. The molecule has 0 aliphatic heterocycles. The predicted molar refractivity (Wildman–Crippen MR) is 60.2 cm³/mol. The van der Waals surface area contributed by atoms with Crippen molar-refractivity contribution in [2.24, 2.45) is 5.92 Å². The number of Topliss-reactive ketones (excluding diaryl/α,β-unsaturated/α-hetero) is 1. The molecule has 0 saturated heterocycles. The number of carbonyl (C=O) groups excluding carboxylic acids is 1. The first kappa shape index (κ1) is 10.8. The molecule has 3 heteroatoms. The van der Waals surface area contributed by atoms with Gasteiger partial charge in [-0.2, -0.15) is 0 Å². The summed E-state index contributed by atoms with van der Waals surface area (Å²) in [6.45, 7) is 0. The van der Waals surface area contributed by atoms with Crippen LogP contribution in [0.15, 0.2) is 22.7 Å². The molecule has 2 rings (SSSR count). The highest BCUT2D eigenvalue weighted by atomic mass is 79.9. The van der Waals surface area contributed by atoms with Crippen LogP contribution < -0.4 is 0 Å². The third kappa shape index (κ3) is 3.13. The molecule has 1 saturated carbocycles. The molecule has 1 aromatic carbocycles. The van der Waals surface area contributed by atoms with Crippen LogP contribution in [0.2, 0.25) is 0 Å². The van der Waals surface area contributed by atoms with Gasteiger partial charge < -0.3 is 0 Å². The second-order valence-electron chi connectivity index (χ2n) is 4.11. The first-order valence-electron chi connectivity index (χ1n) is 5.11. The van der Waals surface area contributed by atoms with E-state index in [4.69, 9.17) is 0 Å². The summed E-state index contributed by atoms with van der Waals surface area (Å²) in [5, 5.41) is 0. The summed E-state index contributed by atoms with van der Waals surface area (Å²) >= 11 is 3.11. The van der Waals surface area contributed by atoms with E-state index in [-0.39, 0.29) is 11.6 Å². The largest absolute Gasteiger partial charge is 0.299 e. The Bertz CT molecular complexity index is 385. The summed E-state index contributed by atoms with van der Waals surface area (Å²) in [7, 11) is 0. The molecule has 0 amide bonds. The monoisotopic (exact) mass is 270 g/mol. The van der Waals surface area contributed by atoms with E-state index >= 15 is 0 Å². The fourth-order valence-electron chi connectivity index (χ4n) is 1.59. The Morgan fingerprint density at radius 2 is 2.20 bits per heavy atom. The molecule has 0 N–H and O–H groups in total. The van der Waals surface area contributed by atoms with Gasteiger partial charge in [-0.25, -0.2) is 4.39 Å². The standard InChI is InChI=1S/C12H12BrFO/c13-11-7-9(3-4-12(11)14)6-10(15)5-8-1-2-8/h3-4,7-8H,1-2,5-6H2. The number of halogens is 2. The van der Waals surface area contributed by atoms with Gasteiger partial charge in [-0.05, 0) is 52.4 Å². The number of carbonyl (C=O) groups is 1. The molecule has 0 aromatic heterocycles. The van der Waals surface area contributed by atoms with Crippen molar-refractivity contribution in [2.75, 3.05) is 0 Å². The number of benzene rings is 1. The van der Waals surface area contributed by atoms with Gasteiger partial charge in [-0.3, -0.25) is 4.79 Å². The van der Waals surface area contributed by atoms with E-state index in [0.29, 0.717) is 23.2 Å². The number of ketones is 1. The lowest BCUT2D eigenvalue weighted by molar-refractivity contribution is -0.118. The molecule has 0 heterocycles. The Balaban J connectivity index is 1.97. The van der Waals surface area contributed by atoms with Crippen LogP contribution >= 0.6 is 15.9 Å². The Labute approximate surface area is 96.8 Å². The van der Waals surface area contributed by atoms with Crippen LogP contribution in [0.1, 0.15) is 24.8 Å². The normalized spacial score (nSPS) is 15.3. The van der Waals surface area contributed by atoms with Crippen molar-refractivity contribution < 1.29 is 9.18 Å². The van der Waals surface area contributed by atoms with E-state index in [1.807, 2.05) is 0 Å². The average Bonchev–Trinajstić information content (AvgIpc) is 2.95. The highest BCUT2D eigenvalue weighted by Gasteiger charge is 2.24. The first-order chi connectivity index (χ1) is 7.15. The van der Waals surface area contributed by atoms with Gasteiger partial charge in [0.25, 0.3) is 0 Å². The van der Waals surface area contributed by atoms with Crippen LogP contribution in [0.3, 0.4) is 0 Å². The molecular weight excluding hydrogens is 259 g/mol. The second-order valence-corrected chi connectivity index (χ2v) is 4.97. The quantitative estimate of drug-likeness (QED) is 0.819. The molecule has 15 heavy (non-hydrogen) atoms. The molecule has 0 spiro atoms. The Morgan fingerprint density at radius 3 is 2.80 bits per heavy atom. The minimum Gasteiger partial charge on any atom is -0.299 e. The number of hydrogen-bond donors (Lipinski definition) is 0. The van der Waals surface area contributed by atoms with Crippen LogP contribution in [0.25, 0.3) is 0 Å². The first-order valence-corrected chi connectivity index (χ1v) is 5.90. The van der Waals surface area contributed by atoms with Crippen LogP contribution in [0, 0.1) is 11.7 Å². The van der Waals surface area contributed by atoms with Crippen LogP contribution in [0.4, 0.5) is 4.39 Å². The van der Waals surface area contributed by atoms with Crippen molar-refractivity contribution in [1.29, 1.82) is 0 Å². The van der Waals surface area contributed by atoms with Crippen LogP contribution in [0.5, 0.6) is 0 Å². The molecule has 1 aliphatic rings. The van der Waals surface area contributed by atoms with E-state index in [9.17, 15) is 9.18 Å². The van der Waals surface area contributed by atoms with Gasteiger partial charge in [0, 0.05) is 12.8 Å². The Hall–Kier alpha value is -0.700. The molecule has 0 radical (unpaired) electrons. The van der Waals surface area contributed by atoms with Crippen molar-refractivity contribution in [2.45, 2.75) is 25.7 Å². The fourth-order valence-corrected chi connectivity index (χ4v) is 2.02. The summed E-state index contributed by atoms with van der Waals surface area (Å²) < 4.78 is 13.4. The van der Waals surface area contributed by atoms with Crippen LogP contribution in [-0.4, -0.2) is 5.78 Å². The predicted octanol–water partition coefficient (Wildman–Crippen LogP) is 3.50. The van der Waals surface area contributed by atoms with Gasteiger partial charge in [0.05, 0.1) is 4.47 Å². The molecule has 0 bridgehead atoms. The average molecular weight is 271 g/mol. The van der Waals surface area contributed by atoms with Gasteiger partial charge in [-0.15, -0.1) is 0 Å². The molecule has 1 aliphatic carbocycles. The van der Waals surface area contributed by atoms with Crippen molar-refractivity contribution in [3.63, 3.8) is 0 Å². The van der Waals surface area contributed by atoms with E-state index in [1.54, 1.807) is 12.1 Å². The fraction of sp³-hybridized carbons (Fsp3) is 0.417. The van der Waals surface area contributed by atoms with Crippen molar-refractivity contribution in [3.8, 4) is 0 Å². The minimum atomic E-state index is -0.284. The van der Waals surface area contributed by atoms with E-state index in [0.717, 1.165) is 5.56 Å². The van der Waals surface area contributed by atoms with Gasteiger partial charge in [0.2, 0.25) is 0 Å². The summed E-state index contributed by atoms with van der Waals surface area (Å²) in [5.41, 5.74) is 0.883. The van der Waals surface area contributed by atoms with Gasteiger partial charge in [-0.1, -0.05) is 6.07 Å². The lowest BCUT2D eigenvalue weighted by Gasteiger charge is -2.01. The van der Waals surface area contributed by atoms with Crippen molar-refractivity contribution in [3.05, 3.63) is 34.1 Å². The number of rotatable bonds is 4. The van der Waals surface area contributed by atoms with Gasteiger partial charge >= 0.3 is 0 Å². The third-order valence-electron chi connectivity index (χ3n) is 2.60. The maximum absolute atomic E-state index is 12.9. The van der Waals surface area contributed by atoms with E-state index in [1.165, 1.54) is 18.9 Å². The lowest BCUT2D eigenvalue weighted by atomic mass is 10.1.